The predicted octanol–water partition coefficient (Wildman–Crippen LogP) is 3.76. The van der Waals surface area contributed by atoms with Gasteiger partial charge >= 0.3 is 5.76 Å². The Balaban J connectivity index is 1.53. The first-order chi connectivity index (χ1) is 11.8. The van der Waals surface area contributed by atoms with Gasteiger partial charge in [-0.15, -0.1) is 0 Å². The molecule has 0 atom stereocenters. The quantitative estimate of drug-likeness (QED) is 0.622. The SMILES string of the molecule is O=c1[nH]c(-c2cccc(COc3ccc4ccccc4c3)c2)no1. The van der Waals surface area contributed by atoms with Crippen molar-refractivity contribution in [1.82, 2.24) is 10.1 Å². The Morgan fingerprint density at radius 1 is 0.958 bits per heavy atom. The molecule has 0 fully saturated rings. The molecule has 0 amide bonds. The Bertz CT molecular complexity index is 1050. The fourth-order valence-corrected chi connectivity index (χ4v) is 2.59. The maximum Gasteiger partial charge on any atom is 0.439 e. The van der Waals surface area contributed by atoms with Crippen LogP contribution in [0.15, 0.2) is 76.0 Å². The molecule has 1 N–H and O–H groups in total. The molecule has 0 aliphatic heterocycles. The van der Waals surface area contributed by atoms with Crippen molar-refractivity contribution < 1.29 is 9.26 Å². The van der Waals surface area contributed by atoms with E-state index in [0.29, 0.717) is 12.4 Å². The molecule has 0 spiro atoms. The third-order valence-electron chi connectivity index (χ3n) is 3.77. The van der Waals surface area contributed by atoms with Gasteiger partial charge in [-0.1, -0.05) is 53.7 Å². The monoisotopic (exact) mass is 318 g/mol. The summed E-state index contributed by atoms with van der Waals surface area (Å²) in [5.74, 6) is 0.657. The summed E-state index contributed by atoms with van der Waals surface area (Å²) in [6.07, 6.45) is 0. The molecule has 5 nitrogen and oxygen atoms in total. The van der Waals surface area contributed by atoms with Gasteiger partial charge in [-0.2, -0.15) is 0 Å². The summed E-state index contributed by atoms with van der Waals surface area (Å²) < 4.78 is 10.4. The number of fused-ring (bicyclic) bond motifs is 1. The zero-order valence-electron chi connectivity index (χ0n) is 12.7. The number of aromatic nitrogens is 2. The second-order valence-electron chi connectivity index (χ2n) is 5.44. The van der Waals surface area contributed by atoms with E-state index < -0.39 is 5.76 Å². The fraction of sp³-hybridized carbons (Fsp3) is 0.0526. The Morgan fingerprint density at radius 3 is 2.67 bits per heavy atom. The van der Waals surface area contributed by atoms with Crippen LogP contribution >= 0.6 is 0 Å². The van der Waals surface area contributed by atoms with Gasteiger partial charge in [0.1, 0.15) is 12.4 Å². The minimum absolute atomic E-state index is 0.410. The fourth-order valence-electron chi connectivity index (χ4n) is 2.59. The number of hydrogen-bond donors (Lipinski definition) is 1. The highest BCUT2D eigenvalue weighted by Crippen LogP contribution is 2.22. The van der Waals surface area contributed by atoms with Crippen LogP contribution < -0.4 is 10.5 Å². The van der Waals surface area contributed by atoms with E-state index >= 15 is 0 Å². The van der Waals surface area contributed by atoms with E-state index in [1.165, 1.54) is 5.39 Å². The second kappa shape index (κ2) is 6.04. The number of ether oxygens (including phenoxy) is 1. The molecule has 4 rings (SSSR count). The third-order valence-corrected chi connectivity index (χ3v) is 3.77. The van der Waals surface area contributed by atoms with Crippen molar-refractivity contribution in [3.8, 4) is 17.1 Å². The number of hydrogen-bond acceptors (Lipinski definition) is 4. The van der Waals surface area contributed by atoms with E-state index in [2.05, 4.69) is 26.8 Å². The molecule has 0 aliphatic rings. The van der Waals surface area contributed by atoms with Crippen molar-refractivity contribution in [3.63, 3.8) is 0 Å². The maximum atomic E-state index is 11.1. The van der Waals surface area contributed by atoms with E-state index in [9.17, 15) is 4.79 Å². The van der Waals surface area contributed by atoms with Crippen LogP contribution in [0.25, 0.3) is 22.2 Å². The highest BCUT2D eigenvalue weighted by atomic mass is 16.5. The zero-order valence-corrected chi connectivity index (χ0v) is 12.7. The molecule has 1 aromatic heterocycles. The number of H-pyrrole nitrogens is 1. The molecule has 0 radical (unpaired) electrons. The lowest BCUT2D eigenvalue weighted by molar-refractivity contribution is 0.306. The molecule has 24 heavy (non-hydrogen) atoms. The van der Waals surface area contributed by atoms with Gasteiger partial charge in [0.25, 0.3) is 0 Å². The highest BCUT2D eigenvalue weighted by Gasteiger charge is 2.05. The van der Waals surface area contributed by atoms with Crippen molar-refractivity contribution in [2.45, 2.75) is 6.61 Å². The van der Waals surface area contributed by atoms with Crippen LogP contribution in [0, 0.1) is 0 Å². The first-order valence-electron chi connectivity index (χ1n) is 7.55. The lowest BCUT2D eigenvalue weighted by Crippen LogP contribution is -1.97. The molecule has 118 valence electrons. The van der Waals surface area contributed by atoms with Gasteiger partial charge in [0.2, 0.25) is 0 Å². The predicted molar refractivity (Wildman–Crippen MR) is 90.8 cm³/mol. The Labute approximate surface area is 137 Å². The molecule has 3 aromatic carbocycles. The van der Waals surface area contributed by atoms with Crippen molar-refractivity contribution >= 4 is 10.8 Å². The molecule has 0 aliphatic carbocycles. The molecule has 0 saturated heterocycles. The number of rotatable bonds is 4. The molecule has 1 heterocycles. The molecule has 0 bridgehead atoms. The lowest BCUT2D eigenvalue weighted by atomic mass is 10.1. The molecule has 0 saturated carbocycles. The van der Waals surface area contributed by atoms with Crippen molar-refractivity contribution in [2.75, 3.05) is 0 Å². The number of nitrogens with zero attached hydrogens (tertiary/aromatic N) is 1. The Hall–Kier alpha value is -3.34. The number of aromatic amines is 1. The standard InChI is InChI=1S/C19H14N2O3/c22-19-20-18(21-24-19)16-7-3-4-13(10-16)12-23-17-9-8-14-5-1-2-6-15(14)11-17/h1-11H,12H2,(H,20,21,22). The van der Waals surface area contributed by atoms with Crippen LogP contribution in [0.5, 0.6) is 5.75 Å². The second-order valence-corrected chi connectivity index (χ2v) is 5.44. The van der Waals surface area contributed by atoms with Gasteiger partial charge in [0, 0.05) is 5.56 Å². The van der Waals surface area contributed by atoms with Gasteiger partial charge in [-0.05, 0) is 34.5 Å². The van der Waals surface area contributed by atoms with Crippen LogP contribution in [0.4, 0.5) is 0 Å². The summed E-state index contributed by atoms with van der Waals surface area (Å²) in [5.41, 5.74) is 1.75. The van der Waals surface area contributed by atoms with Gasteiger partial charge in [0.05, 0.1) is 0 Å². The van der Waals surface area contributed by atoms with Gasteiger partial charge in [-0.3, -0.25) is 9.51 Å². The summed E-state index contributed by atoms with van der Waals surface area (Å²) in [6, 6.07) is 21.8. The molecular weight excluding hydrogens is 304 g/mol. The highest BCUT2D eigenvalue weighted by molar-refractivity contribution is 5.83. The number of nitrogens with one attached hydrogen (secondary N) is 1. The van der Waals surface area contributed by atoms with Gasteiger partial charge < -0.3 is 4.74 Å². The summed E-state index contributed by atoms with van der Waals surface area (Å²) in [6.45, 7) is 0.425. The summed E-state index contributed by atoms with van der Waals surface area (Å²) in [5, 5.41) is 6.02. The van der Waals surface area contributed by atoms with Gasteiger partial charge in [-0.25, -0.2) is 4.79 Å². The average molecular weight is 318 g/mol. The topological polar surface area (TPSA) is 68.1 Å². The maximum absolute atomic E-state index is 11.1. The van der Waals surface area contributed by atoms with Gasteiger partial charge in [0.15, 0.2) is 5.82 Å². The zero-order chi connectivity index (χ0) is 16.4. The Kier molecular flexibility index (Phi) is 3.59. The van der Waals surface area contributed by atoms with Crippen molar-refractivity contribution in [2.24, 2.45) is 0 Å². The minimum Gasteiger partial charge on any atom is -0.489 e. The van der Waals surface area contributed by atoms with E-state index in [0.717, 1.165) is 22.3 Å². The lowest BCUT2D eigenvalue weighted by Gasteiger charge is -2.08. The first-order valence-corrected chi connectivity index (χ1v) is 7.55. The largest absolute Gasteiger partial charge is 0.489 e. The van der Waals surface area contributed by atoms with E-state index in [1.807, 2.05) is 54.6 Å². The normalized spacial score (nSPS) is 10.8. The van der Waals surface area contributed by atoms with Crippen LogP contribution in [0.1, 0.15) is 5.56 Å². The Morgan fingerprint density at radius 2 is 1.83 bits per heavy atom. The molecule has 5 heteroatoms. The van der Waals surface area contributed by atoms with E-state index in [4.69, 9.17) is 4.74 Å². The third kappa shape index (κ3) is 2.92. The van der Waals surface area contributed by atoms with Crippen LogP contribution in [-0.2, 0) is 6.61 Å². The van der Waals surface area contributed by atoms with E-state index in [1.54, 1.807) is 0 Å². The average Bonchev–Trinajstić information content (AvgIpc) is 3.06. The van der Waals surface area contributed by atoms with Crippen molar-refractivity contribution in [3.05, 3.63) is 82.8 Å². The smallest absolute Gasteiger partial charge is 0.439 e. The molecular formula is C19H14N2O3. The van der Waals surface area contributed by atoms with Crippen LogP contribution in [0.2, 0.25) is 0 Å². The van der Waals surface area contributed by atoms with Crippen LogP contribution in [0.3, 0.4) is 0 Å². The summed E-state index contributed by atoms with van der Waals surface area (Å²) in [4.78, 5) is 13.6. The molecule has 0 unspecified atom stereocenters. The number of benzene rings is 3. The summed E-state index contributed by atoms with van der Waals surface area (Å²) in [7, 11) is 0. The van der Waals surface area contributed by atoms with E-state index in [-0.39, 0.29) is 0 Å². The van der Waals surface area contributed by atoms with Crippen molar-refractivity contribution in [1.29, 1.82) is 0 Å². The molecule has 4 aromatic rings. The minimum atomic E-state index is -0.567. The summed E-state index contributed by atoms with van der Waals surface area (Å²) >= 11 is 0. The first kappa shape index (κ1) is 14.3. The van der Waals surface area contributed by atoms with Crippen LogP contribution in [-0.4, -0.2) is 10.1 Å².